The molecule has 14 heavy (non-hydrogen) atoms. The summed E-state index contributed by atoms with van der Waals surface area (Å²) < 4.78 is 0. The molecule has 1 rings (SSSR count). The molecule has 0 heterocycles. The number of nitrogens with two attached hydrogens (primary N) is 1. The molecule has 0 aromatic rings. The van der Waals surface area contributed by atoms with Crippen molar-refractivity contribution in [3.8, 4) is 0 Å². The minimum atomic E-state index is 0.260. The Morgan fingerprint density at radius 1 is 1.36 bits per heavy atom. The molecule has 0 aromatic heterocycles. The summed E-state index contributed by atoms with van der Waals surface area (Å²) in [6, 6.07) is 1.59. The zero-order valence-electron chi connectivity index (χ0n) is 10.4. The number of likely N-dealkylation sites (N-methyl/N-ethyl adjacent to an activating group) is 1. The van der Waals surface area contributed by atoms with Crippen molar-refractivity contribution in [2.75, 3.05) is 6.54 Å². The molecule has 2 nitrogen and oxygen atoms in total. The molecule has 1 saturated carbocycles. The van der Waals surface area contributed by atoms with Crippen LogP contribution in [0, 0.1) is 5.41 Å². The lowest BCUT2D eigenvalue weighted by atomic mass is 9.81. The van der Waals surface area contributed by atoms with E-state index in [4.69, 9.17) is 5.73 Å². The molecule has 0 aromatic carbocycles. The van der Waals surface area contributed by atoms with Crippen LogP contribution in [0.2, 0.25) is 0 Å². The van der Waals surface area contributed by atoms with Crippen LogP contribution >= 0.6 is 0 Å². The summed E-state index contributed by atoms with van der Waals surface area (Å²) in [6.07, 6.45) is 2.74. The van der Waals surface area contributed by atoms with Crippen LogP contribution in [0.5, 0.6) is 0 Å². The zero-order valence-corrected chi connectivity index (χ0v) is 10.4. The Kier molecular flexibility index (Phi) is 3.59. The average molecular weight is 198 g/mol. The van der Waals surface area contributed by atoms with E-state index >= 15 is 0 Å². The number of rotatable bonds is 4. The molecule has 0 bridgehead atoms. The lowest BCUT2D eigenvalue weighted by Gasteiger charge is -2.42. The summed E-state index contributed by atoms with van der Waals surface area (Å²) in [5.41, 5.74) is 6.41. The second kappa shape index (κ2) is 4.19. The lowest BCUT2D eigenvalue weighted by molar-refractivity contribution is 0.0796. The molecule has 2 atom stereocenters. The molecule has 2 unspecified atom stereocenters. The maximum absolute atomic E-state index is 6.12. The molecular formula is C12H26N2. The summed E-state index contributed by atoms with van der Waals surface area (Å²) >= 11 is 0. The molecule has 0 amide bonds. The van der Waals surface area contributed by atoms with Crippen LogP contribution in [0.3, 0.4) is 0 Å². The van der Waals surface area contributed by atoms with Crippen molar-refractivity contribution < 1.29 is 0 Å². The Morgan fingerprint density at radius 2 is 1.86 bits per heavy atom. The SMILES string of the molecule is CCN(C1CC1)C(C(C)N)C(C)(C)C. The van der Waals surface area contributed by atoms with Gasteiger partial charge < -0.3 is 5.73 Å². The fourth-order valence-electron chi connectivity index (χ4n) is 2.68. The van der Waals surface area contributed by atoms with E-state index in [-0.39, 0.29) is 11.5 Å². The highest BCUT2D eigenvalue weighted by molar-refractivity contribution is 4.96. The van der Waals surface area contributed by atoms with Crippen molar-refractivity contribution in [1.29, 1.82) is 0 Å². The Balaban J connectivity index is 2.74. The van der Waals surface area contributed by atoms with E-state index in [1.807, 2.05) is 0 Å². The third-order valence-electron chi connectivity index (χ3n) is 3.12. The summed E-state index contributed by atoms with van der Waals surface area (Å²) in [6.45, 7) is 12.4. The van der Waals surface area contributed by atoms with E-state index in [1.54, 1.807) is 0 Å². The topological polar surface area (TPSA) is 29.3 Å². The summed E-state index contributed by atoms with van der Waals surface area (Å²) in [5, 5.41) is 0. The van der Waals surface area contributed by atoms with Gasteiger partial charge in [0.25, 0.3) is 0 Å². The number of nitrogens with zero attached hydrogens (tertiary/aromatic N) is 1. The Hall–Kier alpha value is -0.0800. The van der Waals surface area contributed by atoms with Gasteiger partial charge in [-0.1, -0.05) is 27.7 Å². The van der Waals surface area contributed by atoms with Crippen molar-refractivity contribution in [1.82, 2.24) is 4.90 Å². The van der Waals surface area contributed by atoms with Gasteiger partial charge in [-0.2, -0.15) is 0 Å². The highest BCUT2D eigenvalue weighted by Crippen LogP contribution is 2.35. The van der Waals surface area contributed by atoms with Crippen LogP contribution in [0.1, 0.15) is 47.5 Å². The zero-order chi connectivity index (χ0) is 10.9. The van der Waals surface area contributed by atoms with E-state index in [0.29, 0.717) is 6.04 Å². The van der Waals surface area contributed by atoms with Crippen LogP contribution < -0.4 is 5.73 Å². The van der Waals surface area contributed by atoms with Crippen LogP contribution in [0.4, 0.5) is 0 Å². The Bertz CT molecular complexity index is 177. The first-order chi connectivity index (χ1) is 6.38. The van der Waals surface area contributed by atoms with Gasteiger partial charge in [0.15, 0.2) is 0 Å². The normalized spacial score (nSPS) is 22.5. The van der Waals surface area contributed by atoms with E-state index < -0.39 is 0 Å². The number of hydrogen-bond donors (Lipinski definition) is 1. The fourth-order valence-corrected chi connectivity index (χ4v) is 2.68. The van der Waals surface area contributed by atoms with Gasteiger partial charge in [0.2, 0.25) is 0 Å². The van der Waals surface area contributed by atoms with Crippen LogP contribution in [0.25, 0.3) is 0 Å². The molecule has 1 aliphatic carbocycles. The first-order valence-corrected chi connectivity index (χ1v) is 5.89. The summed E-state index contributed by atoms with van der Waals surface area (Å²) in [7, 11) is 0. The molecule has 0 aliphatic heterocycles. The molecule has 0 spiro atoms. The van der Waals surface area contributed by atoms with E-state index in [1.165, 1.54) is 12.8 Å². The fraction of sp³-hybridized carbons (Fsp3) is 1.00. The minimum absolute atomic E-state index is 0.260. The maximum Gasteiger partial charge on any atom is 0.0295 e. The largest absolute Gasteiger partial charge is 0.327 e. The van der Waals surface area contributed by atoms with Gasteiger partial charge in [-0.25, -0.2) is 0 Å². The third kappa shape index (κ3) is 2.71. The van der Waals surface area contributed by atoms with Crippen molar-refractivity contribution in [3.63, 3.8) is 0 Å². The maximum atomic E-state index is 6.12. The summed E-state index contributed by atoms with van der Waals surface area (Å²) in [4.78, 5) is 2.60. The van der Waals surface area contributed by atoms with Gasteiger partial charge in [-0.3, -0.25) is 4.90 Å². The van der Waals surface area contributed by atoms with Gasteiger partial charge in [0.05, 0.1) is 0 Å². The smallest absolute Gasteiger partial charge is 0.0295 e. The molecular weight excluding hydrogens is 172 g/mol. The van der Waals surface area contributed by atoms with Gasteiger partial charge in [-0.15, -0.1) is 0 Å². The van der Waals surface area contributed by atoms with E-state index in [0.717, 1.165) is 12.6 Å². The van der Waals surface area contributed by atoms with Gasteiger partial charge in [0, 0.05) is 18.1 Å². The van der Waals surface area contributed by atoms with Crippen LogP contribution in [-0.4, -0.2) is 29.6 Å². The van der Waals surface area contributed by atoms with E-state index in [2.05, 4.69) is 39.5 Å². The molecule has 0 saturated heterocycles. The van der Waals surface area contributed by atoms with Crippen molar-refractivity contribution >= 4 is 0 Å². The van der Waals surface area contributed by atoms with Crippen LogP contribution in [0.15, 0.2) is 0 Å². The molecule has 1 fully saturated rings. The van der Waals surface area contributed by atoms with Crippen molar-refractivity contribution in [3.05, 3.63) is 0 Å². The molecule has 2 N–H and O–H groups in total. The third-order valence-corrected chi connectivity index (χ3v) is 3.12. The van der Waals surface area contributed by atoms with Gasteiger partial charge in [-0.05, 0) is 31.7 Å². The van der Waals surface area contributed by atoms with E-state index in [9.17, 15) is 0 Å². The first-order valence-electron chi connectivity index (χ1n) is 5.89. The lowest BCUT2D eigenvalue weighted by Crippen LogP contribution is -2.54. The average Bonchev–Trinajstić information content (AvgIpc) is 2.78. The highest BCUT2D eigenvalue weighted by atomic mass is 15.2. The minimum Gasteiger partial charge on any atom is -0.327 e. The Labute approximate surface area is 88.8 Å². The predicted molar refractivity (Wildman–Crippen MR) is 62.3 cm³/mol. The standard InChI is InChI=1S/C12H26N2/c1-6-14(10-7-8-10)11(9(2)13)12(3,4)5/h9-11H,6-8,13H2,1-5H3. The van der Waals surface area contributed by atoms with Crippen LogP contribution in [-0.2, 0) is 0 Å². The number of hydrogen-bond acceptors (Lipinski definition) is 2. The summed E-state index contributed by atoms with van der Waals surface area (Å²) in [5.74, 6) is 0. The molecule has 0 radical (unpaired) electrons. The second-order valence-electron chi connectivity index (χ2n) is 5.73. The quantitative estimate of drug-likeness (QED) is 0.750. The van der Waals surface area contributed by atoms with Gasteiger partial charge in [0.1, 0.15) is 0 Å². The Morgan fingerprint density at radius 3 is 2.07 bits per heavy atom. The van der Waals surface area contributed by atoms with Crippen molar-refractivity contribution in [2.24, 2.45) is 11.1 Å². The molecule has 2 heteroatoms. The molecule has 84 valence electrons. The first kappa shape index (κ1) is 12.0. The second-order valence-corrected chi connectivity index (χ2v) is 5.73. The predicted octanol–water partition coefficient (Wildman–Crippen LogP) is 2.23. The molecule has 1 aliphatic rings. The monoisotopic (exact) mass is 198 g/mol. The van der Waals surface area contributed by atoms with Crippen molar-refractivity contribution in [2.45, 2.75) is 65.6 Å². The highest BCUT2D eigenvalue weighted by Gasteiger charge is 2.39. The van der Waals surface area contributed by atoms with Gasteiger partial charge >= 0.3 is 0 Å².